The lowest BCUT2D eigenvalue weighted by atomic mass is 10.1. The molecule has 0 saturated carbocycles. The smallest absolute Gasteiger partial charge is 0.261 e. The van der Waals surface area contributed by atoms with Gasteiger partial charge in [0.05, 0.1) is 4.47 Å². The molecule has 2 amide bonds. The third-order valence-electron chi connectivity index (χ3n) is 4.96. The molecule has 0 heterocycles. The molecule has 2 aromatic carbocycles. The van der Waals surface area contributed by atoms with Crippen molar-refractivity contribution in [2.24, 2.45) is 0 Å². The van der Waals surface area contributed by atoms with Crippen LogP contribution in [0.4, 0.5) is 0 Å². The van der Waals surface area contributed by atoms with Crippen LogP contribution in [-0.4, -0.2) is 35.9 Å². The highest BCUT2D eigenvalue weighted by atomic mass is 79.9. The minimum atomic E-state index is -0.579. The first-order valence-electron chi connectivity index (χ1n) is 10.6. The minimum absolute atomic E-state index is 0.153. The fourth-order valence-corrected chi connectivity index (χ4v) is 3.84. The summed E-state index contributed by atoms with van der Waals surface area (Å²) >= 11 is 9.50. The molecule has 7 heteroatoms. The van der Waals surface area contributed by atoms with E-state index in [1.807, 2.05) is 44.2 Å². The Labute approximate surface area is 198 Å². The molecular formula is C24H30BrClN2O3. The molecule has 0 saturated heterocycles. The third-order valence-corrected chi connectivity index (χ3v) is 5.83. The van der Waals surface area contributed by atoms with E-state index >= 15 is 0 Å². The van der Waals surface area contributed by atoms with Crippen LogP contribution in [-0.2, 0) is 22.6 Å². The number of nitrogens with zero attached hydrogens (tertiary/aromatic N) is 1. The molecule has 168 valence electrons. The fourth-order valence-electron chi connectivity index (χ4n) is 3.18. The Hall–Kier alpha value is -2.05. The van der Waals surface area contributed by atoms with Crippen molar-refractivity contribution in [2.45, 2.75) is 52.6 Å². The Bertz CT molecular complexity index is 874. The maximum atomic E-state index is 13.2. The highest BCUT2D eigenvalue weighted by Crippen LogP contribution is 2.26. The molecule has 0 spiro atoms. The summed E-state index contributed by atoms with van der Waals surface area (Å²) < 4.78 is 6.60. The van der Waals surface area contributed by atoms with E-state index in [4.69, 9.17) is 16.3 Å². The zero-order valence-corrected chi connectivity index (χ0v) is 20.6. The molecule has 5 nitrogen and oxygen atoms in total. The van der Waals surface area contributed by atoms with Crippen LogP contribution in [0.1, 0.15) is 44.7 Å². The number of halogens is 2. The lowest BCUT2D eigenvalue weighted by Gasteiger charge is -2.30. The molecule has 0 aliphatic carbocycles. The second kappa shape index (κ2) is 12.7. The summed E-state index contributed by atoms with van der Waals surface area (Å²) in [5, 5.41) is 3.53. The number of carbonyl (C=O) groups is 2. The number of nitrogens with one attached hydrogen (secondary N) is 1. The molecule has 1 atom stereocenters. The predicted molar refractivity (Wildman–Crippen MR) is 128 cm³/mol. The van der Waals surface area contributed by atoms with Crippen molar-refractivity contribution >= 4 is 39.3 Å². The summed E-state index contributed by atoms with van der Waals surface area (Å²) in [7, 11) is 0. The topological polar surface area (TPSA) is 58.6 Å². The van der Waals surface area contributed by atoms with Gasteiger partial charge in [-0.15, -0.1) is 0 Å². The van der Waals surface area contributed by atoms with Crippen LogP contribution in [0.25, 0.3) is 0 Å². The summed E-state index contributed by atoms with van der Waals surface area (Å²) in [4.78, 5) is 27.5. The van der Waals surface area contributed by atoms with E-state index in [0.29, 0.717) is 30.3 Å². The maximum Gasteiger partial charge on any atom is 0.261 e. The highest BCUT2D eigenvalue weighted by molar-refractivity contribution is 9.10. The van der Waals surface area contributed by atoms with Crippen LogP contribution in [0.15, 0.2) is 46.9 Å². The first-order chi connectivity index (χ1) is 14.9. The molecule has 2 rings (SSSR count). The van der Waals surface area contributed by atoms with Crippen LogP contribution < -0.4 is 10.1 Å². The van der Waals surface area contributed by atoms with Crippen LogP contribution in [0, 0.1) is 0 Å². The number of hydrogen-bond acceptors (Lipinski definition) is 3. The normalized spacial score (nSPS) is 11.6. The van der Waals surface area contributed by atoms with Gasteiger partial charge >= 0.3 is 0 Å². The molecule has 0 fully saturated rings. The maximum absolute atomic E-state index is 13.2. The standard InChI is InChI=1S/C24H30BrClN2O3/c1-4-13-27-24(30)21(6-3)28(15-18-7-10-19(26)11-8-18)23(29)16-31-22-12-9-17(5-2)14-20(22)25/h7-12,14,21H,4-6,13,15-16H2,1-3H3,(H,27,30)/t21-/m1/s1. The Morgan fingerprint density at radius 3 is 2.35 bits per heavy atom. The average molecular weight is 510 g/mol. The molecule has 0 radical (unpaired) electrons. The Balaban J connectivity index is 2.19. The number of amides is 2. The first-order valence-corrected chi connectivity index (χ1v) is 11.8. The summed E-state index contributed by atoms with van der Waals surface area (Å²) in [6.07, 6.45) is 2.25. The van der Waals surface area contributed by atoms with Crippen LogP contribution >= 0.6 is 27.5 Å². The molecule has 0 aliphatic heterocycles. The summed E-state index contributed by atoms with van der Waals surface area (Å²) in [6.45, 7) is 6.69. The van der Waals surface area contributed by atoms with Gasteiger partial charge in [-0.05, 0) is 70.6 Å². The largest absolute Gasteiger partial charge is 0.483 e. The van der Waals surface area contributed by atoms with Gasteiger partial charge in [-0.3, -0.25) is 9.59 Å². The monoisotopic (exact) mass is 508 g/mol. The van der Waals surface area contributed by atoms with Crippen molar-refractivity contribution in [1.82, 2.24) is 10.2 Å². The van der Waals surface area contributed by atoms with Crippen molar-refractivity contribution in [3.8, 4) is 5.75 Å². The predicted octanol–water partition coefficient (Wildman–Crippen LogP) is 5.38. The second-order valence-electron chi connectivity index (χ2n) is 7.27. The van der Waals surface area contributed by atoms with Gasteiger partial charge in [-0.2, -0.15) is 0 Å². The fraction of sp³-hybridized carbons (Fsp3) is 0.417. The molecule has 0 aliphatic rings. The van der Waals surface area contributed by atoms with E-state index in [-0.39, 0.29) is 18.4 Å². The summed E-state index contributed by atoms with van der Waals surface area (Å²) in [6, 6.07) is 12.5. The van der Waals surface area contributed by atoms with E-state index in [1.165, 1.54) is 5.56 Å². The average Bonchev–Trinajstić information content (AvgIpc) is 2.77. The Morgan fingerprint density at radius 2 is 1.77 bits per heavy atom. The Kier molecular flexibility index (Phi) is 10.3. The van der Waals surface area contributed by atoms with Crippen molar-refractivity contribution in [3.63, 3.8) is 0 Å². The first kappa shape index (κ1) is 25.2. The molecule has 31 heavy (non-hydrogen) atoms. The van der Waals surface area contributed by atoms with Gasteiger partial charge in [0.2, 0.25) is 5.91 Å². The van der Waals surface area contributed by atoms with Crippen molar-refractivity contribution in [3.05, 3.63) is 63.1 Å². The zero-order valence-electron chi connectivity index (χ0n) is 18.3. The number of benzene rings is 2. The number of rotatable bonds is 11. The van der Waals surface area contributed by atoms with Gasteiger partial charge < -0.3 is 15.0 Å². The van der Waals surface area contributed by atoms with E-state index in [1.54, 1.807) is 17.0 Å². The molecular weight excluding hydrogens is 480 g/mol. The van der Waals surface area contributed by atoms with E-state index in [2.05, 4.69) is 28.2 Å². The van der Waals surface area contributed by atoms with Gasteiger partial charge in [-0.1, -0.05) is 50.6 Å². The van der Waals surface area contributed by atoms with Crippen LogP contribution in [0.2, 0.25) is 5.02 Å². The number of aryl methyl sites for hydroxylation is 1. The lowest BCUT2D eigenvalue weighted by molar-refractivity contribution is -0.143. The summed E-state index contributed by atoms with van der Waals surface area (Å²) in [5.74, 6) is 0.195. The Morgan fingerprint density at radius 1 is 1.10 bits per heavy atom. The zero-order chi connectivity index (χ0) is 22.8. The van der Waals surface area contributed by atoms with E-state index in [9.17, 15) is 9.59 Å². The number of hydrogen-bond donors (Lipinski definition) is 1. The lowest BCUT2D eigenvalue weighted by Crippen LogP contribution is -2.50. The van der Waals surface area contributed by atoms with Gasteiger partial charge in [0.15, 0.2) is 6.61 Å². The summed E-state index contributed by atoms with van der Waals surface area (Å²) in [5.41, 5.74) is 2.07. The highest BCUT2D eigenvalue weighted by Gasteiger charge is 2.28. The molecule has 2 aromatic rings. The SMILES string of the molecule is CCCNC(=O)[C@@H](CC)N(Cc1ccc(Cl)cc1)C(=O)COc1ccc(CC)cc1Br. The van der Waals surface area contributed by atoms with Crippen molar-refractivity contribution in [1.29, 1.82) is 0 Å². The van der Waals surface area contributed by atoms with Gasteiger partial charge in [0.25, 0.3) is 5.91 Å². The number of carbonyl (C=O) groups excluding carboxylic acids is 2. The van der Waals surface area contributed by atoms with Crippen molar-refractivity contribution in [2.75, 3.05) is 13.2 Å². The van der Waals surface area contributed by atoms with Gasteiger partial charge in [-0.25, -0.2) is 0 Å². The second-order valence-corrected chi connectivity index (χ2v) is 8.56. The van der Waals surface area contributed by atoms with Crippen molar-refractivity contribution < 1.29 is 14.3 Å². The van der Waals surface area contributed by atoms with E-state index < -0.39 is 6.04 Å². The molecule has 0 unspecified atom stereocenters. The van der Waals surface area contributed by atoms with E-state index in [0.717, 1.165) is 22.9 Å². The van der Waals surface area contributed by atoms with Crippen LogP contribution in [0.5, 0.6) is 5.75 Å². The molecule has 0 aromatic heterocycles. The molecule has 0 bridgehead atoms. The minimum Gasteiger partial charge on any atom is -0.483 e. The van der Waals surface area contributed by atoms with Gasteiger partial charge in [0.1, 0.15) is 11.8 Å². The number of ether oxygens (including phenoxy) is 1. The van der Waals surface area contributed by atoms with Gasteiger partial charge in [0, 0.05) is 18.1 Å². The molecule has 1 N–H and O–H groups in total. The van der Waals surface area contributed by atoms with Crippen LogP contribution in [0.3, 0.4) is 0 Å². The third kappa shape index (κ3) is 7.54. The quantitative estimate of drug-likeness (QED) is 0.443.